The van der Waals surface area contributed by atoms with Crippen molar-refractivity contribution in [1.29, 1.82) is 0 Å². The van der Waals surface area contributed by atoms with Crippen molar-refractivity contribution in [1.82, 2.24) is 9.97 Å². The molecule has 94 valence electrons. The minimum absolute atomic E-state index is 0.0712. The molecule has 1 heterocycles. The molecule has 6 nitrogen and oxygen atoms in total. The molecule has 1 aromatic heterocycles. The van der Waals surface area contributed by atoms with Gasteiger partial charge in [-0.15, -0.1) is 0 Å². The van der Waals surface area contributed by atoms with E-state index in [1.807, 2.05) is 0 Å². The zero-order valence-corrected chi connectivity index (χ0v) is 10.0. The molecule has 0 bridgehead atoms. The number of rotatable bonds is 7. The molecule has 6 heteroatoms. The van der Waals surface area contributed by atoms with Gasteiger partial charge in [-0.2, -0.15) is 0 Å². The van der Waals surface area contributed by atoms with Gasteiger partial charge in [0.25, 0.3) is 0 Å². The summed E-state index contributed by atoms with van der Waals surface area (Å²) in [5, 5.41) is 11.7. The van der Waals surface area contributed by atoms with Gasteiger partial charge in [0, 0.05) is 13.2 Å². The average Bonchev–Trinajstić information content (AvgIpc) is 2.28. The third kappa shape index (κ3) is 5.26. The molecule has 0 aliphatic carbocycles. The molecule has 0 amide bonds. The maximum absolute atomic E-state index is 10.6. The number of hydrogen-bond donors (Lipinski definition) is 2. The summed E-state index contributed by atoms with van der Waals surface area (Å²) in [5.41, 5.74) is -0.0712. The van der Waals surface area contributed by atoms with Crippen molar-refractivity contribution in [2.45, 2.75) is 13.8 Å². The van der Waals surface area contributed by atoms with Crippen LogP contribution in [0.4, 0.5) is 5.82 Å². The number of anilines is 1. The van der Waals surface area contributed by atoms with Gasteiger partial charge in [-0.25, -0.2) is 9.78 Å². The minimum atomic E-state index is -1.09. The third-order valence-corrected chi connectivity index (χ3v) is 1.86. The summed E-state index contributed by atoms with van der Waals surface area (Å²) >= 11 is 0. The summed E-state index contributed by atoms with van der Waals surface area (Å²) < 4.78 is 5.37. The summed E-state index contributed by atoms with van der Waals surface area (Å²) in [6.07, 6.45) is 2.69. The maximum atomic E-state index is 10.6. The first-order valence-corrected chi connectivity index (χ1v) is 5.46. The quantitative estimate of drug-likeness (QED) is 0.697. The number of nitrogens with one attached hydrogen (secondary N) is 1. The summed E-state index contributed by atoms with van der Waals surface area (Å²) in [7, 11) is 0. The average molecular weight is 239 g/mol. The molecule has 0 atom stereocenters. The molecule has 1 aromatic rings. The second kappa shape index (κ2) is 6.80. The first-order chi connectivity index (χ1) is 8.09. The van der Waals surface area contributed by atoms with E-state index in [2.05, 4.69) is 29.1 Å². The molecule has 0 fully saturated rings. The van der Waals surface area contributed by atoms with E-state index in [0.29, 0.717) is 31.5 Å². The number of ether oxygens (including phenoxy) is 1. The topological polar surface area (TPSA) is 84.3 Å². The number of carboxylic acid groups (broad SMARTS) is 1. The molecule has 0 aliphatic heterocycles. The van der Waals surface area contributed by atoms with Crippen molar-refractivity contribution in [3.63, 3.8) is 0 Å². The lowest BCUT2D eigenvalue weighted by molar-refractivity contribution is 0.0690. The molecule has 0 saturated carbocycles. The van der Waals surface area contributed by atoms with E-state index >= 15 is 0 Å². The molecule has 2 N–H and O–H groups in total. The Kier molecular flexibility index (Phi) is 5.35. The molecule has 1 rings (SSSR count). The lowest BCUT2D eigenvalue weighted by atomic mass is 10.2. The van der Waals surface area contributed by atoms with Gasteiger partial charge in [-0.1, -0.05) is 13.8 Å². The fourth-order valence-electron chi connectivity index (χ4n) is 1.12. The molecule has 17 heavy (non-hydrogen) atoms. The second-order valence-electron chi connectivity index (χ2n) is 3.99. The summed E-state index contributed by atoms with van der Waals surface area (Å²) in [4.78, 5) is 18.3. The SMILES string of the molecule is CC(C)COCCNc1cncc(C(=O)O)n1. The van der Waals surface area contributed by atoms with Gasteiger partial charge in [-0.05, 0) is 5.92 Å². The molecule has 0 unspecified atom stereocenters. The highest BCUT2D eigenvalue weighted by atomic mass is 16.5. The predicted molar refractivity (Wildman–Crippen MR) is 63.1 cm³/mol. The lowest BCUT2D eigenvalue weighted by Gasteiger charge is -2.08. The van der Waals surface area contributed by atoms with Crippen molar-refractivity contribution in [3.05, 3.63) is 18.1 Å². The monoisotopic (exact) mass is 239 g/mol. The van der Waals surface area contributed by atoms with E-state index in [1.54, 1.807) is 0 Å². The van der Waals surface area contributed by atoms with Crippen molar-refractivity contribution >= 4 is 11.8 Å². The highest BCUT2D eigenvalue weighted by Crippen LogP contribution is 2.01. The van der Waals surface area contributed by atoms with Gasteiger partial charge in [0.05, 0.1) is 19.0 Å². The second-order valence-corrected chi connectivity index (χ2v) is 3.99. The molecule has 0 saturated heterocycles. The fourth-order valence-corrected chi connectivity index (χ4v) is 1.12. The van der Waals surface area contributed by atoms with E-state index in [1.165, 1.54) is 12.4 Å². The van der Waals surface area contributed by atoms with Crippen LogP contribution in [-0.4, -0.2) is 40.8 Å². The van der Waals surface area contributed by atoms with Gasteiger partial charge in [0.1, 0.15) is 5.82 Å². The standard InChI is InChI=1S/C11H17N3O3/c1-8(2)7-17-4-3-13-10-6-12-5-9(14-10)11(15)16/h5-6,8H,3-4,7H2,1-2H3,(H,13,14)(H,15,16). The zero-order valence-electron chi connectivity index (χ0n) is 10.0. The van der Waals surface area contributed by atoms with Crippen LogP contribution in [0.15, 0.2) is 12.4 Å². The smallest absolute Gasteiger partial charge is 0.356 e. The summed E-state index contributed by atoms with van der Waals surface area (Å²) in [6, 6.07) is 0. The number of aromatic nitrogens is 2. The van der Waals surface area contributed by atoms with Crippen LogP contribution >= 0.6 is 0 Å². The van der Waals surface area contributed by atoms with Gasteiger partial charge in [-0.3, -0.25) is 4.98 Å². The molecular formula is C11H17N3O3. The third-order valence-electron chi connectivity index (χ3n) is 1.86. The van der Waals surface area contributed by atoms with Crippen LogP contribution in [0, 0.1) is 5.92 Å². The van der Waals surface area contributed by atoms with Crippen LogP contribution in [0.25, 0.3) is 0 Å². The van der Waals surface area contributed by atoms with Crippen LogP contribution < -0.4 is 5.32 Å². The van der Waals surface area contributed by atoms with E-state index in [9.17, 15) is 4.79 Å². The number of carboxylic acids is 1. The van der Waals surface area contributed by atoms with Gasteiger partial charge in [0.15, 0.2) is 5.69 Å². The van der Waals surface area contributed by atoms with Crippen LogP contribution in [0.2, 0.25) is 0 Å². The van der Waals surface area contributed by atoms with E-state index in [4.69, 9.17) is 9.84 Å². The maximum Gasteiger partial charge on any atom is 0.356 e. The Labute approximate surface area is 100 Å². The molecule has 0 aliphatic rings. The molecule has 0 radical (unpaired) electrons. The number of hydrogen-bond acceptors (Lipinski definition) is 5. The summed E-state index contributed by atoms with van der Waals surface area (Å²) in [5.74, 6) is -0.139. The van der Waals surface area contributed by atoms with Crippen molar-refractivity contribution < 1.29 is 14.6 Å². The number of aromatic carboxylic acids is 1. The first kappa shape index (κ1) is 13.4. The Hall–Kier alpha value is -1.69. The largest absolute Gasteiger partial charge is 0.476 e. The lowest BCUT2D eigenvalue weighted by Crippen LogP contribution is -2.14. The van der Waals surface area contributed by atoms with Crippen LogP contribution in [0.5, 0.6) is 0 Å². The van der Waals surface area contributed by atoms with E-state index in [-0.39, 0.29) is 5.69 Å². The van der Waals surface area contributed by atoms with Gasteiger partial charge >= 0.3 is 5.97 Å². The Morgan fingerprint density at radius 3 is 2.94 bits per heavy atom. The van der Waals surface area contributed by atoms with Crippen molar-refractivity contribution in [2.75, 3.05) is 25.1 Å². The van der Waals surface area contributed by atoms with Crippen LogP contribution in [-0.2, 0) is 4.74 Å². The first-order valence-electron chi connectivity index (χ1n) is 5.46. The fraction of sp³-hybridized carbons (Fsp3) is 0.545. The Morgan fingerprint density at radius 1 is 1.53 bits per heavy atom. The van der Waals surface area contributed by atoms with E-state index in [0.717, 1.165) is 0 Å². The molecule has 0 aromatic carbocycles. The normalized spacial score (nSPS) is 10.5. The van der Waals surface area contributed by atoms with Gasteiger partial charge < -0.3 is 15.2 Å². The Morgan fingerprint density at radius 2 is 2.29 bits per heavy atom. The molecule has 0 spiro atoms. The van der Waals surface area contributed by atoms with Crippen molar-refractivity contribution in [2.24, 2.45) is 5.92 Å². The summed E-state index contributed by atoms with van der Waals surface area (Å²) in [6.45, 7) is 5.99. The van der Waals surface area contributed by atoms with Crippen LogP contribution in [0.3, 0.4) is 0 Å². The highest BCUT2D eigenvalue weighted by Gasteiger charge is 2.05. The van der Waals surface area contributed by atoms with Gasteiger partial charge in [0.2, 0.25) is 0 Å². The number of carbonyl (C=O) groups is 1. The van der Waals surface area contributed by atoms with Crippen molar-refractivity contribution in [3.8, 4) is 0 Å². The Bertz CT molecular complexity index is 369. The Balaban J connectivity index is 2.31. The predicted octanol–water partition coefficient (Wildman–Crippen LogP) is 1.26. The molecular weight excluding hydrogens is 222 g/mol. The van der Waals surface area contributed by atoms with E-state index < -0.39 is 5.97 Å². The zero-order chi connectivity index (χ0) is 12.7. The number of nitrogens with zero attached hydrogens (tertiary/aromatic N) is 2. The highest BCUT2D eigenvalue weighted by molar-refractivity contribution is 5.85. The minimum Gasteiger partial charge on any atom is -0.476 e. The van der Waals surface area contributed by atoms with Crippen LogP contribution in [0.1, 0.15) is 24.3 Å².